The Kier molecular flexibility index (Phi) is 4.20. The van der Waals surface area contributed by atoms with Crippen molar-refractivity contribution in [2.75, 3.05) is 13.2 Å². The predicted molar refractivity (Wildman–Crippen MR) is 81.1 cm³/mol. The Labute approximate surface area is 124 Å². The molecule has 1 aliphatic heterocycles. The lowest BCUT2D eigenvalue weighted by molar-refractivity contribution is -0.121. The van der Waals surface area contributed by atoms with E-state index in [-0.39, 0.29) is 12.0 Å². The van der Waals surface area contributed by atoms with Gasteiger partial charge in [0.25, 0.3) is 0 Å². The Morgan fingerprint density at radius 3 is 3.24 bits per heavy atom. The van der Waals surface area contributed by atoms with Crippen LogP contribution in [-0.2, 0) is 16.1 Å². The van der Waals surface area contributed by atoms with Crippen LogP contribution in [0.15, 0.2) is 24.4 Å². The van der Waals surface area contributed by atoms with E-state index in [4.69, 9.17) is 4.74 Å². The maximum Gasteiger partial charge on any atom is 0.221 e. The van der Waals surface area contributed by atoms with Crippen molar-refractivity contribution in [3.63, 3.8) is 0 Å². The van der Waals surface area contributed by atoms with Crippen LogP contribution in [0.5, 0.6) is 0 Å². The molecule has 5 heteroatoms. The molecule has 1 fully saturated rings. The molecule has 0 unspecified atom stereocenters. The van der Waals surface area contributed by atoms with E-state index in [1.807, 2.05) is 10.9 Å². The molecule has 0 saturated carbocycles. The fraction of sp³-hybridized carbons (Fsp3) is 0.500. The summed E-state index contributed by atoms with van der Waals surface area (Å²) in [5.74, 6) is 0.0572. The number of ether oxygens (including phenoxy) is 1. The molecule has 1 aliphatic rings. The van der Waals surface area contributed by atoms with Gasteiger partial charge in [0.2, 0.25) is 5.91 Å². The second kappa shape index (κ2) is 6.26. The lowest BCUT2D eigenvalue weighted by Gasteiger charge is -2.11. The first-order valence-electron chi connectivity index (χ1n) is 7.53. The van der Waals surface area contributed by atoms with Crippen LogP contribution in [0.1, 0.15) is 24.8 Å². The van der Waals surface area contributed by atoms with Gasteiger partial charge in [-0.05, 0) is 31.4 Å². The maximum atomic E-state index is 11.9. The van der Waals surface area contributed by atoms with Crippen molar-refractivity contribution in [2.24, 2.45) is 0 Å². The summed E-state index contributed by atoms with van der Waals surface area (Å²) in [6.07, 6.45) is 4.63. The zero-order valence-electron chi connectivity index (χ0n) is 12.3. The van der Waals surface area contributed by atoms with Crippen LogP contribution < -0.4 is 5.32 Å². The van der Waals surface area contributed by atoms with Crippen molar-refractivity contribution in [1.82, 2.24) is 15.1 Å². The normalized spacial score (nSPS) is 18.2. The molecule has 112 valence electrons. The fourth-order valence-electron chi connectivity index (χ4n) is 2.69. The summed E-state index contributed by atoms with van der Waals surface area (Å²) in [6, 6.07) is 6.24. The first-order chi connectivity index (χ1) is 10.2. The van der Waals surface area contributed by atoms with Crippen molar-refractivity contribution in [2.45, 2.75) is 38.8 Å². The Balaban J connectivity index is 1.53. The van der Waals surface area contributed by atoms with Crippen molar-refractivity contribution in [3.8, 4) is 0 Å². The molecule has 0 aliphatic carbocycles. The van der Waals surface area contributed by atoms with Gasteiger partial charge in [0.15, 0.2) is 0 Å². The average molecular weight is 287 g/mol. The van der Waals surface area contributed by atoms with Crippen LogP contribution in [0, 0.1) is 6.92 Å². The molecule has 1 N–H and O–H groups in total. The second-order valence-electron chi connectivity index (χ2n) is 5.62. The molecule has 2 aromatic rings. The van der Waals surface area contributed by atoms with Crippen molar-refractivity contribution < 1.29 is 9.53 Å². The van der Waals surface area contributed by atoms with Gasteiger partial charge in [-0.2, -0.15) is 5.10 Å². The largest absolute Gasteiger partial charge is 0.376 e. The maximum absolute atomic E-state index is 11.9. The highest BCUT2D eigenvalue weighted by molar-refractivity contribution is 5.80. The molecule has 1 amide bonds. The van der Waals surface area contributed by atoms with Gasteiger partial charge >= 0.3 is 0 Å². The summed E-state index contributed by atoms with van der Waals surface area (Å²) in [4.78, 5) is 11.9. The van der Waals surface area contributed by atoms with Gasteiger partial charge in [-0.15, -0.1) is 0 Å². The highest BCUT2D eigenvalue weighted by atomic mass is 16.5. The lowest BCUT2D eigenvalue weighted by Crippen LogP contribution is -2.32. The summed E-state index contributed by atoms with van der Waals surface area (Å²) < 4.78 is 7.39. The fourth-order valence-corrected chi connectivity index (χ4v) is 2.69. The number of aryl methyl sites for hydroxylation is 2. The zero-order valence-corrected chi connectivity index (χ0v) is 12.3. The number of carbonyl (C=O) groups is 1. The first-order valence-corrected chi connectivity index (χ1v) is 7.53. The standard InChI is InChI=1S/C16H21N3O2/c1-12-4-5-13-10-18-19(15(13)9-12)7-6-16(20)17-11-14-3-2-8-21-14/h4-5,9-10,14H,2-3,6-8,11H2,1H3,(H,17,20)/t14-/m1/s1. The average Bonchev–Trinajstić information content (AvgIpc) is 3.12. The number of rotatable bonds is 5. The molecule has 2 heterocycles. The summed E-state index contributed by atoms with van der Waals surface area (Å²) in [5.41, 5.74) is 2.29. The zero-order chi connectivity index (χ0) is 14.7. The minimum Gasteiger partial charge on any atom is -0.376 e. The topological polar surface area (TPSA) is 56.2 Å². The number of benzene rings is 1. The highest BCUT2D eigenvalue weighted by Gasteiger charge is 2.16. The Morgan fingerprint density at radius 2 is 2.43 bits per heavy atom. The molecule has 1 atom stereocenters. The lowest BCUT2D eigenvalue weighted by atomic mass is 10.2. The van der Waals surface area contributed by atoms with Crippen molar-refractivity contribution in [3.05, 3.63) is 30.0 Å². The molecule has 0 bridgehead atoms. The number of nitrogens with one attached hydrogen (secondary N) is 1. The van der Waals surface area contributed by atoms with Gasteiger partial charge in [-0.3, -0.25) is 9.48 Å². The Bertz CT molecular complexity index is 629. The summed E-state index contributed by atoms with van der Waals surface area (Å²) in [6.45, 7) is 4.10. The predicted octanol–water partition coefficient (Wildman–Crippen LogP) is 2.03. The van der Waals surface area contributed by atoms with E-state index >= 15 is 0 Å². The Morgan fingerprint density at radius 1 is 1.52 bits per heavy atom. The van der Waals surface area contributed by atoms with Gasteiger partial charge in [0, 0.05) is 25.0 Å². The third-order valence-electron chi connectivity index (χ3n) is 3.90. The smallest absolute Gasteiger partial charge is 0.221 e. The molecule has 1 saturated heterocycles. The summed E-state index contributed by atoms with van der Waals surface area (Å²) >= 11 is 0. The highest BCUT2D eigenvalue weighted by Crippen LogP contribution is 2.15. The molecular weight excluding hydrogens is 266 g/mol. The van der Waals surface area contributed by atoms with E-state index in [1.54, 1.807) is 0 Å². The minimum atomic E-state index is 0.0572. The number of fused-ring (bicyclic) bond motifs is 1. The van der Waals surface area contributed by atoms with E-state index in [9.17, 15) is 4.79 Å². The van der Waals surface area contributed by atoms with Crippen molar-refractivity contribution in [1.29, 1.82) is 0 Å². The van der Waals surface area contributed by atoms with Crippen LogP contribution in [0.25, 0.3) is 10.9 Å². The van der Waals surface area contributed by atoms with Crippen LogP contribution in [-0.4, -0.2) is 34.9 Å². The minimum absolute atomic E-state index is 0.0572. The van der Waals surface area contributed by atoms with E-state index < -0.39 is 0 Å². The molecular formula is C16H21N3O2. The van der Waals surface area contributed by atoms with E-state index in [0.717, 1.165) is 30.4 Å². The Hall–Kier alpha value is -1.88. The van der Waals surface area contributed by atoms with E-state index in [2.05, 4.69) is 35.5 Å². The quantitative estimate of drug-likeness (QED) is 0.915. The molecule has 5 nitrogen and oxygen atoms in total. The molecule has 3 rings (SSSR count). The SMILES string of the molecule is Cc1ccc2cnn(CCC(=O)NC[C@H]3CCCO3)c2c1. The van der Waals surface area contributed by atoms with Crippen LogP contribution >= 0.6 is 0 Å². The van der Waals surface area contributed by atoms with Crippen molar-refractivity contribution >= 4 is 16.8 Å². The van der Waals surface area contributed by atoms with Crippen LogP contribution in [0.3, 0.4) is 0 Å². The summed E-state index contributed by atoms with van der Waals surface area (Å²) in [5, 5.41) is 8.41. The molecule has 0 spiro atoms. The van der Waals surface area contributed by atoms with Gasteiger partial charge < -0.3 is 10.1 Å². The number of hydrogen-bond acceptors (Lipinski definition) is 3. The number of nitrogens with zero attached hydrogens (tertiary/aromatic N) is 2. The monoisotopic (exact) mass is 287 g/mol. The first kappa shape index (κ1) is 14.1. The van der Waals surface area contributed by atoms with Gasteiger partial charge in [-0.25, -0.2) is 0 Å². The third kappa shape index (κ3) is 3.42. The molecule has 1 aromatic carbocycles. The molecule has 21 heavy (non-hydrogen) atoms. The number of amides is 1. The van der Waals surface area contributed by atoms with E-state index in [0.29, 0.717) is 19.5 Å². The molecule has 0 radical (unpaired) electrons. The third-order valence-corrected chi connectivity index (χ3v) is 3.90. The van der Waals surface area contributed by atoms with Gasteiger partial charge in [0.05, 0.1) is 24.4 Å². The van der Waals surface area contributed by atoms with Gasteiger partial charge in [0.1, 0.15) is 0 Å². The van der Waals surface area contributed by atoms with E-state index in [1.165, 1.54) is 5.56 Å². The van der Waals surface area contributed by atoms with Crippen LogP contribution in [0.4, 0.5) is 0 Å². The second-order valence-corrected chi connectivity index (χ2v) is 5.62. The summed E-state index contributed by atoms with van der Waals surface area (Å²) in [7, 11) is 0. The number of hydrogen-bond donors (Lipinski definition) is 1. The number of carbonyl (C=O) groups excluding carboxylic acids is 1. The number of aromatic nitrogens is 2. The van der Waals surface area contributed by atoms with Gasteiger partial charge in [-0.1, -0.05) is 12.1 Å². The van der Waals surface area contributed by atoms with Crippen LogP contribution in [0.2, 0.25) is 0 Å². The molecule has 1 aromatic heterocycles.